The zero-order valence-electron chi connectivity index (χ0n) is 13.0. The topological polar surface area (TPSA) is 81.7 Å². The first kappa shape index (κ1) is 16.5. The fraction of sp³-hybridized carbons (Fsp3) is 0.500. The number of ketones is 1. The van der Waals surface area contributed by atoms with Crippen LogP contribution in [-0.4, -0.2) is 47.5 Å². The minimum Gasteiger partial charge on any atom is -0.508 e. The second kappa shape index (κ2) is 7.38. The molecule has 0 spiro atoms. The van der Waals surface area contributed by atoms with Gasteiger partial charge in [0.25, 0.3) is 5.91 Å². The van der Waals surface area contributed by atoms with Crippen molar-refractivity contribution in [3.8, 4) is 5.75 Å². The van der Waals surface area contributed by atoms with Crippen LogP contribution in [0, 0.1) is 0 Å². The Balaban J connectivity index is 2.03. The molecule has 1 aromatic rings. The second-order valence-electron chi connectivity index (χ2n) is 5.64. The monoisotopic (exact) mass is 305 g/mol. The van der Waals surface area contributed by atoms with Crippen molar-refractivity contribution in [3.63, 3.8) is 0 Å². The standard InChI is InChI=1S/C16H23N3O3/c1-11(20)14-7-4-8-19(18-14)16(22)15(17-2)10-12-5-3-6-13(21)9-12/h3,5-6,9,14-15,17-18,21H,4,7-8,10H2,1-2H3. The number of Topliss-reactive ketones (excluding diaryl/α,β-unsaturated/α-hetero) is 1. The summed E-state index contributed by atoms with van der Waals surface area (Å²) in [6.45, 7) is 2.13. The highest BCUT2D eigenvalue weighted by Gasteiger charge is 2.29. The van der Waals surface area contributed by atoms with Crippen LogP contribution in [-0.2, 0) is 16.0 Å². The maximum absolute atomic E-state index is 12.6. The van der Waals surface area contributed by atoms with Crippen molar-refractivity contribution >= 4 is 11.7 Å². The fourth-order valence-electron chi connectivity index (χ4n) is 2.66. The summed E-state index contributed by atoms with van der Waals surface area (Å²) in [4.78, 5) is 24.1. The normalized spacial score (nSPS) is 19.7. The molecule has 0 aliphatic carbocycles. The first-order valence-corrected chi connectivity index (χ1v) is 7.54. The Morgan fingerprint density at radius 2 is 2.27 bits per heavy atom. The molecule has 1 saturated heterocycles. The number of phenols is 1. The van der Waals surface area contributed by atoms with E-state index >= 15 is 0 Å². The van der Waals surface area contributed by atoms with E-state index in [1.807, 2.05) is 6.07 Å². The predicted molar refractivity (Wildman–Crippen MR) is 83.2 cm³/mol. The number of amides is 1. The molecular weight excluding hydrogens is 282 g/mol. The molecule has 0 saturated carbocycles. The van der Waals surface area contributed by atoms with Gasteiger partial charge >= 0.3 is 0 Å². The third kappa shape index (κ3) is 4.05. The van der Waals surface area contributed by atoms with Crippen LogP contribution in [0.5, 0.6) is 5.75 Å². The first-order valence-electron chi connectivity index (χ1n) is 7.54. The average Bonchev–Trinajstić information content (AvgIpc) is 2.52. The van der Waals surface area contributed by atoms with Crippen LogP contribution in [0.15, 0.2) is 24.3 Å². The molecule has 2 unspecified atom stereocenters. The summed E-state index contributed by atoms with van der Waals surface area (Å²) in [7, 11) is 1.73. The Kier molecular flexibility index (Phi) is 5.51. The first-order chi connectivity index (χ1) is 10.5. The largest absolute Gasteiger partial charge is 0.508 e. The predicted octanol–water partition coefficient (Wildman–Crippen LogP) is 0.607. The van der Waals surface area contributed by atoms with Gasteiger partial charge < -0.3 is 10.4 Å². The van der Waals surface area contributed by atoms with Gasteiger partial charge in [-0.15, -0.1) is 0 Å². The summed E-state index contributed by atoms with van der Waals surface area (Å²) in [5.74, 6) is 0.149. The van der Waals surface area contributed by atoms with Gasteiger partial charge in [-0.1, -0.05) is 12.1 Å². The molecule has 2 rings (SSSR count). The fourth-order valence-corrected chi connectivity index (χ4v) is 2.66. The van der Waals surface area contributed by atoms with Gasteiger partial charge in [0.1, 0.15) is 11.5 Å². The molecule has 6 heteroatoms. The van der Waals surface area contributed by atoms with Gasteiger partial charge in [0, 0.05) is 6.54 Å². The summed E-state index contributed by atoms with van der Waals surface area (Å²) < 4.78 is 0. The van der Waals surface area contributed by atoms with Crippen LogP contribution < -0.4 is 10.7 Å². The number of nitrogens with zero attached hydrogens (tertiary/aromatic N) is 1. The molecule has 1 aliphatic heterocycles. The lowest BCUT2D eigenvalue weighted by molar-refractivity contribution is -0.140. The highest BCUT2D eigenvalue weighted by molar-refractivity contribution is 5.84. The van der Waals surface area contributed by atoms with E-state index in [4.69, 9.17) is 0 Å². The number of hydrogen-bond acceptors (Lipinski definition) is 5. The molecule has 0 aromatic heterocycles. The van der Waals surface area contributed by atoms with E-state index in [0.717, 1.165) is 18.4 Å². The number of carbonyl (C=O) groups excluding carboxylic acids is 2. The number of rotatable bonds is 5. The van der Waals surface area contributed by atoms with Gasteiger partial charge in [-0.05, 0) is 50.9 Å². The van der Waals surface area contributed by atoms with Gasteiger partial charge in [0.05, 0.1) is 12.1 Å². The highest BCUT2D eigenvalue weighted by atomic mass is 16.3. The number of hydrogen-bond donors (Lipinski definition) is 3. The highest BCUT2D eigenvalue weighted by Crippen LogP contribution is 2.15. The summed E-state index contributed by atoms with van der Waals surface area (Å²) in [6.07, 6.45) is 2.05. The maximum Gasteiger partial charge on any atom is 0.254 e. The second-order valence-corrected chi connectivity index (χ2v) is 5.64. The Morgan fingerprint density at radius 1 is 1.50 bits per heavy atom. The van der Waals surface area contributed by atoms with E-state index in [1.54, 1.807) is 30.3 Å². The number of benzene rings is 1. The van der Waals surface area contributed by atoms with E-state index in [9.17, 15) is 14.7 Å². The van der Waals surface area contributed by atoms with Gasteiger partial charge in [-0.3, -0.25) is 14.6 Å². The summed E-state index contributed by atoms with van der Waals surface area (Å²) in [5.41, 5.74) is 3.89. The van der Waals surface area contributed by atoms with Gasteiger partial charge in [0.15, 0.2) is 0 Å². The minimum atomic E-state index is -0.403. The SMILES string of the molecule is CNC(Cc1cccc(O)c1)C(=O)N1CCCC(C(C)=O)N1. The molecule has 1 fully saturated rings. The van der Waals surface area contributed by atoms with Crippen molar-refractivity contribution in [3.05, 3.63) is 29.8 Å². The molecule has 120 valence electrons. The Morgan fingerprint density at radius 3 is 2.91 bits per heavy atom. The number of carbonyl (C=O) groups is 2. The van der Waals surface area contributed by atoms with E-state index in [-0.39, 0.29) is 23.5 Å². The molecule has 6 nitrogen and oxygen atoms in total. The van der Waals surface area contributed by atoms with E-state index < -0.39 is 6.04 Å². The molecule has 1 amide bonds. The van der Waals surface area contributed by atoms with Crippen molar-refractivity contribution in [1.82, 2.24) is 15.8 Å². The van der Waals surface area contributed by atoms with Gasteiger partial charge in [0.2, 0.25) is 0 Å². The number of nitrogens with one attached hydrogen (secondary N) is 2. The van der Waals surface area contributed by atoms with Crippen LogP contribution >= 0.6 is 0 Å². The van der Waals surface area contributed by atoms with Crippen molar-refractivity contribution in [2.24, 2.45) is 0 Å². The number of likely N-dealkylation sites (N-methyl/N-ethyl adjacent to an activating group) is 1. The molecule has 1 heterocycles. The van der Waals surface area contributed by atoms with Gasteiger partial charge in [-0.25, -0.2) is 5.43 Å². The zero-order chi connectivity index (χ0) is 16.1. The van der Waals surface area contributed by atoms with Crippen molar-refractivity contribution in [2.45, 2.75) is 38.3 Å². The maximum atomic E-state index is 12.6. The van der Waals surface area contributed by atoms with Crippen LogP contribution in [0.25, 0.3) is 0 Å². The number of phenolic OH excluding ortho intramolecular Hbond substituents is 1. The quantitative estimate of drug-likeness (QED) is 0.742. The molecular formula is C16H23N3O3. The summed E-state index contributed by atoms with van der Waals surface area (Å²) in [6, 6.07) is 6.20. The molecule has 3 N–H and O–H groups in total. The van der Waals surface area contributed by atoms with Crippen LogP contribution in [0.3, 0.4) is 0 Å². The lowest BCUT2D eigenvalue weighted by Crippen LogP contribution is -2.59. The van der Waals surface area contributed by atoms with E-state index in [2.05, 4.69) is 10.7 Å². The number of hydrazine groups is 1. The number of aromatic hydroxyl groups is 1. The smallest absolute Gasteiger partial charge is 0.254 e. The molecule has 1 aromatic carbocycles. The van der Waals surface area contributed by atoms with E-state index in [1.165, 1.54) is 6.92 Å². The Hall–Kier alpha value is -1.92. The van der Waals surface area contributed by atoms with Crippen LogP contribution in [0.2, 0.25) is 0 Å². The Labute approximate surface area is 130 Å². The molecule has 1 aliphatic rings. The van der Waals surface area contributed by atoms with E-state index in [0.29, 0.717) is 13.0 Å². The molecule has 2 atom stereocenters. The molecule has 0 radical (unpaired) electrons. The minimum absolute atomic E-state index is 0.0477. The lowest BCUT2D eigenvalue weighted by Gasteiger charge is -2.34. The third-order valence-corrected chi connectivity index (χ3v) is 3.94. The van der Waals surface area contributed by atoms with Crippen LogP contribution in [0.4, 0.5) is 0 Å². The van der Waals surface area contributed by atoms with Gasteiger partial charge in [-0.2, -0.15) is 0 Å². The summed E-state index contributed by atoms with van der Waals surface area (Å²) in [5, 5.41) is 14.1. The summed E-state index contributed by atoms with van der Waals surface area (Å²) >= 11 is 0. The zero-order valence-corrected chi connectivity index (χ0v) is 13.0. The molecule has 0 bridgehead atoms. The lowest BCUT2D eigenvalue weighted by atomic mass is 10.0. The molecule has 22 heavy (non-hydrogen) atoms. The third-order valence-electron chi connectivity index (χ3n) is 3.94. The van der Waals surface area contributed by atoms with Crippen molar-refractivity contribution < 1.29 is 14.7 Å². The Bertz CT molecular complexity index is 547. The van der Waals surface area contributed by atoms with Crippen LogP contribution in [0.1, 0.15) is 25.3 Å². The van der Waals surface area contributed by atoms with Crippen molar-refractivity contribution in [1.29, 1.82) is 0 Å². The van der Waals surface area contributed by atoms with Crippen molar-refractivity contribution in [2.75, 3.05) is 13.6 Å². The average molecular weight is 305 g/mol.